The Morgan fingerprint density at radius 3 is 2.21 bits per heavy atom. The van der Waals surface area contributed by atoms with Crippen LogP contribution in [0.5, 0.6) is 17.2 Å². The lowest BCUT2D eigenvalue weighted by molar-refractivity contribution is 0.405. The zero-order chi connectivity index (χ0) is 20.4. The average Bonchev–Trinajstić information content (AvgIpc) is 2.66. The third kappa shape index (κ3) is 7.17. The second kappa shape index (κ2) is 11.1. The lowest BCUT2D eigenvalue weighted by atomic mass is 10.0. The van der Waals surface area contributed by atoms with Gasteiger partial charge in [-0.05, 0) is 36.6 Å². The number of aryl methyl sites for hydroxylation is 1. The molecular weight excluding hydrogens is 376 g/mol. The summed E-state index contributed by atoms with van der Waals surface area (Å²) < 4.78 is 37.3. The van der Waals surface area contributed by atoms with Crippen molar-refractivity contribution in [1.29, 1.82) is 0 Å². The van der Waals surface area contributed by atoms with Crippen molar-refractivity contribution in [2.75, 3.05) is 0 Å². The van der Waals surface area contributed by atoms with Crippen LogP contribution in [-0.2, 0) is 16.5 Å². The minimum absolute atomic E-state index is 0.0719. The van der Waals surface area contributed by atoms with Gasteiger partial charge >= 0.3 is 0 Å². The molecule has 5 nitrogen and oxygen atoms in total. The number of ether oxygens (including phenoxy) is 1. The molecule has 28 heavy (non-hydrogen) atoms. The minimum Gasteiger partial charge on any atom is -0.504 e. The van der Waals surface area contributed by atoms with Crippen LogP contribution in [0.1, 0.15) is 63.9 Å². The van der Waals surface area contributed by atoms with Gasteiger partial charge in [-0.3, -0.25) is 4.55 Å². The van der Waals surface area contributed by atoms with Gasteiger partial charge in [-0.2, -0.15) is 8.42 Å². The highest BCUT2D eigenvalue weighted by Crippen LogP contribution is 2.35. The Hall–Kier alpha value is -2.05. The molecule has 2 rings (SSSR count). The predicted molar refractivity (Wildman–Crippen MR) is 111 cm³/mol. The lowest BCUT2D eigenvalue weighted by Crippen LogP contribution is -1.98. The average molecular weight is 407 g/mol. The molecule has 0 fully saturated rings. The highest BCUT2D eigenvalue weighted by Gasteiger charge is 2.13. The summed E-state index contributed by atoms with van der Waals surface area (Å²) in [5.74, 6) is 0.571. The molecule has 0 atom stereocenters. The standard InChI is InChI=1S/C22H30O5S/c1-2-3-4-5-6-7-8-9-12-18-13-10-16-21(22(18)23)27-19-14-11-15-20(17-19)28(24,25)26/h10-11,13-17,23H,2-9,12H2,1H3,(H,24,25,26). The number of phenols is 1. The molecule has 0 saturated carbocycles. The van der Waals surface area contributed by atoms with E-state index in [0.717, 1.165) is 24.8 Å². The Morgan fingerprint density at radius 1 is 0.893 bits per heavy atom. The molecule has 0 aromatic heterocycles. The summed E-state index contributed by atoms with van der Waals surface area (Å²) in [6, 6.07) is 10.9. The first-order valence-electron chi connectivity index (χ1n) is 9.98. The molecule has 0 aliphatic rings. The molecule has 0 unspecified atom stereocenters. The maximum absolute atomic E-state index is 11.3. The molecule has 0 aliphatic heterocycles. The molecule has 0 spiro atoms. The van der Waals surface area contributed by atoms with Crippen molar-refractivity contribution in [3.05, 3.63) is 48.0 Å². The Bertz CT molecular complexity index is 846. The van der Waals surface area contributed by atoms with E-state index in [9.17, 15) is 13.5 Å². The summed E-state index contributed by atoms with van der Waals surface area (Å²) in [6.07, 6.45) is 10.6. The van der Waals surface area contributed by atoms with E-state index in [4.69, 9.17) is 9.29 Å². The van der Waals surface area contributed by atoms with Crippen LogP contribution in [0.3, 0.4) is 0 Å². The quantitative estimate of drug-likeness (QED) is 0.328. The van der Waals surface area contributed by atoms with Crippen LogP contribution in [0.4, 0.5) is 0 Å². The number of para-hydroxylation sites is 1. The van der Waals surface area contributed by atoms with Crippen LogP contribution in [-0.4, -0.2) is 18.1 Å². The second-order valence-electron chi connectivity index (χ2n) is 7.04. The lowest BCUT2D eigenvalue weighted by Gasteiger charge is -2.11. The highest BCUT2D eigenvalue weighted by atomic mass is 32.2. The predicted octanol–water partition coefficient (Wildman–Crippen LogP) is 6.11. The summed E-state index contributed by atoms with van der Waals surface area (Å²) in [5.41, 5.74) is 0.814. The van der Waals surface area contributed by atoms with Crippen molar-refractivity contribution in [2.24, 2.45) is 0 Å². The summed E-state index contributed by atoms with van der Waals surface area (Å²) in [7, 11) is -4.30. The van der Waals surface area contributed by atoms with Gasteiger partial charge < -0.3 is 9.84 Å². The van der Waals surface area contributed by atoms with E-state index in [1.54, 1.807) is 12.1 Å². The van der Waals surface area contributed by atoms with Crippen molar-refractivity contribution in [3.8, 4) is 17.2 Å². The number of rotatable bonds is 12. The van der Waals surface area contributed by atoms with Gasteiger partial charge in [0.25, 0.3) is 10.1 Å². The van der Waals surface area contributed by atoms with E-state index in [1.165, 1.54) is 56.7 Å². The van der Waals surface area contributed by atoms with E-state index in [-0.39, 0.29) is 22.1 Å². The van der Waals surface area contributed by atoms with Gasteiger partial charge in [-0.1, -0.05) is 70.1 Å². The fourth-order valence-electron chi connectivity index (χ4n) is 3.13. The Morgan fingerprint density at radius 2 is 1.54 bits per heavy atom. The Kier molecular flexibility index (Phi) is 8.80. The van der Waals surface area contributed by atoms with E-state index < -0.39 is 10.1 Å². The van der Waals surface area contributed by atoms with E-state index in [0.29, 0.717) is 0 Å². The zero-order valence-corrected chi connectivity index (χ0v) is 17.2. The molecule has 0 heterocycles. The van der Waals surface area contributed by atoms with E-state index in [1.807, 2.05) is 12.1 Å². The van der Waals surface area contributed by atoms with Crippen molar-refractivity contribution in [3.63, 3.8) is 0 Å². The first-order valence-corrected chi connectivity index (χ1v) is 11.4. The van der Waals surface area contributed by atoms with Gasteiger partial charge in [0.1, 0.15) is 5.75 Å². The molecule has 154 valence electrons. The van der Waals surface area contributed by atoms with Crippen molar-refractivity contribution in [1.82, 2.24) is 0 Å². The van der Waals surface area contributed by atoms with Gasteiger partial charge in [0, 0.05) is 6.07 Å². The van der Waals surface area contributed by atoms with Gasteiger partial charge in [0.05, 0.1) is 4.90 Å². The molecule has 0 saturated heterocycles. The molecule has 0 aliphatic carbocycles. The van der Waals surface area contributed by atoms with Crippen LogP contribution in [0, 0.1) is 0 Å². The van der Waals surface area contributed by atoms with Gasteiger partial charge in [-0.15, -0.1) is 0 Å². The fourth-order valence-corrected chi connectivity index (χ4v) is 3.64. The molecule has 6 heteroatoms. The maximum atomic E-state index is 11.3. The molecular formula is C22H30O5S. The molecule has 0 amide bonds. The first-order chi connectivity index (χ1) is 13.4. The van der Waals surface area contributed by atoms with Gasteiger partial charge in [-0.25, -0.2) is 0 Å². The summed E-state index contributed by atoms with van der Waals surface area (Å²) >= 11 is 0. The van der Waals surface area contributed by atoms with Gasteiger partial charge in [0.2, 0.25) is 0 Å². The zero-order valence-electron chi connectivity index (χ0n) is 16.4. The number of benzene rings is 2. The van der Waals surface area contributed by atoms with Crippen LogP contribution in [0.2, 0.25) is 0 Å². The molecule has 0 bridgehead atoms. The third-order valence-electron chi connectivity index (χ3n) is 4.71. The van der Waals surface area contributed by atoms with Crippen LogP contribution >= 0.6 is 0 Å². The summed E-state index contributed by atoms with van der Waals surface area (Å²) in [4.78, 5) is -0.250. The van der Waals surface area contributed by atoms with Crippen LogP contribution in [0.15, 0.2) is 47.4 Å². The van der Waals surface area contributed by atoms with Crippen LogP contribution in [0.25, 0.3) is 0 Å². The maximum Gasteiger partial charge on any atom is 0.294 e. The van der Waals surface area contributed by atoms with Crippen LogP contribution < -0.4 is 4.74 Å². The number of phenolic OH excluding ortho intramolecular Hbond substituents is 1. The monoisotopic (exact) mass is 406 g/mol. The van der Waals surface area contributed by atoms with Crippen molar-refractivity contribution >= 4 is 10.1 Å². The van der Waals surface area contributed by atoms with Crippen molar-refractivity contribution in [2.45, 2.75) is 69.6 Å². The first kappa shape index (κ1) is 22.2. The normalized spacial score (nSPS) is 11.5. The smallest absolute Gasteiger partial charge is 0.294 e. The second-order valence-corrected chi connectivity index (χ2v) is 8.46. The molecule has 0 radical (unpaired) electrons. The largest absolute Gasteiger partial charge is 0.504 e. The summed E-state index contributed by atoms with van der Waals surface area (Å²) in [5, 5.41) is 10.5. The fraction of sp³-hybridized carbons (Fsp3) is 0.455. The summed E-state index contributed by atoms with van der Waals surface area (Å²) in [6.45, 7) is 2.22. The molecule has 2 N–H and O–H groups in total. The number of unbranched alkanes of at least 4 members (excludes halogenated alkanes) is 7. The number of hydrogen-bond acceptors (Lipinski definition) is 4. The number of hydrogen-bond donors (Lipinski definition) is 2. The van der Waals surface area contributed by atoms with E-state index >= 15 is 0 Å². The molecule has 2 aromatic rings. The molecule has 2 aromatic carbocycles. The Labute approximate surface area is 168 Å². The highest BCUT2D eigenvalue weighted by molar-refractivity contribution is 7.85. The Balaban J connectivity index is 1.91. The van der Waals surface area contributed by atoms with Gasteiger partial charge in [0.15, 0.2) is 11.5 Å². The number of aromatic hydroxyl groups is 1. The van der Waals surface area contributed by atoms with E-state index in [2.05, 4.69) is 6.92 Å². The SMILES string of the molecule is CCCCCCCCCCc1cccc(Oc2cccc(S(=O)(=O)O)c2)c1O. The topological polar surface area (TPSA) is 83.8 Å². The minimum atomic E-state index is -4.30. The third-order valence-corrected chi connectivity index (χ3v) is 5.56. The van der Waals surface area contributed by atoms with Crippen molar-refractivity contribution < 1.29 is 22.8 Å².